The van der Waals surface area contributed by atoms with Gasteiger partial charge in [-0.1, -0.05) is 51.1 Å². The number of rotatable bonds is 4. The van der Waals surface area contributed by atoms with E-state index >= 15 is 0 Å². The molecule has 2 aromatic rings. The van der Waals surface area contributed by atoms with Crippen LogP contribution in [0.2, 0.25) is 0 Å². The summed E-state index contributed by atoms with van der Waals surface area (Å²) in [4.78, 5) is 12.9. The van der Waals surface area contributed by atoms with E-state index in [0.717, 1.165) is 17.4 Å². The normalized spacial score (nSPS) is 17.7. The quantitative estimate of drug-likeness (QED) is 0.803. The molecule has 0 aliphatic carbocycles. The Kier molecular flexibility index (Phi) is 5.87. The van der Waals surface area contributed by atoms with Gasteiger partial charge >= 0.3 is 0 Å². The van der Waals surface area contributed by atoms with Crippen LogP contribution in [0.15, 0.2) is 42.5 Å². The molecule has 1 aliphatic heterocycles. The topological polar surface area (TPSA) is 75.7 Å². The molecule has 7 heteroatoms. The largest absolute Gasteiger partial charge is 0.476 e. The van der Waals surface area contributed by atoms with Crippen LogP contribution in [0.5, 0.6) is 5.75 Å². The number of nitrogens with one attached hydrogen (secondary N) is 1. The standard InChI is InChI=1S/C23H30N2O4S/c1-15-7-12-20-19(13-15)25(30(6,27)28)14-21(29-20)22(26)24-16(2)17-8-10-18(11-9-17)23(3,4)5/h7-13,16,21H,14H2,1-6H3,(H,24,26)/t16-,21-/m1/s1. The maximum Gasteiger partial charge on any atom is 0.263 e. The molecular formula is C23H30N2O4S. The van der Waals surface area contributed by atoms with Crippen molar-refractivity contribution in [2.45, 2.75) is 52.2 Å². The second-order valence-electron chi connectivity index (χ2n) is 8.97. The Morgan fingerprint density at radius 2 is 1.80 bits per heavy atom. The lowest BCUT2D eigenvalue weighted by Gasteiger charge is -2.34. The van der Waals surface area contributed by atoms with Crippen LogP contribution in [0.1, 0.15) is 50.4 Å². The Hall–Kier alpha value is -2.54. The highest BCUT2D eigenvalue weighted by Crippen LogP contribution is 2.36. The fourth-order valence-corrected chi connectivity index (χ4v) is 4.38. The molecule has 2 atom stereocenters. The highest BCUT2D eigenvalue weighted by Gasteiger charge is 2.35. The van der Waals surface area contributed by atoms with E-state index in [1.165, 1.54) is 9.87 Å². The van der Waals surface area contributed by atoms with Gasteiger partial charge in [-0.3, -0.25) is 9.10 Å². The minimum absolute atomic E-state index is 0.0573. The van der Waals surface area contributed by atoms with Crippen molar-refractivity contribution in [3.05, 3.63) is 59.2 Å². The first-order valence-corrected chi connectivity index (χ1v) is 11.9. The molecule has 1 heterocycles. The summed E-state index contributed by atoms with van der Waals surface area (Å²) in [5, 5.41) is 2.95. The maximum atomic E-state index is 12.9. The van der Waals surface area contributed by atoms with Crippen LogP contribution in [0, 0.1) is 6.92 Å². The number of nitrogens with zero attached hydrogens (tertiary/aromatic N) is 1. The number of amides is 1. The van der Waals surface area contributed by atoms with Crippen molar-refractivity contribution in [1.82, 2.24) is 5.32 Å². The first kappa shape index (κ1) is 22.2. The number of carbonyl (C=O) groups is 1. The molecule has 0 bridgehead atoms. The number of aryl methyl sites for hydroxylation is 1. The number of hydrogen-bond donors (Lipinski definition) is 1. The van der Waals surface area contributed by atoms with Gasteiger partial charge in [0.05, 0.1) is 24.5 Å². The van der Waals surface area contributed by atoms with E-state index in [0.29, 0.717) is 11.4 Å². The van der Waals surface area contributed by atoms with Crippen LogP contribution >= 0.6 is 0 Å². The summed E-state index contributed by atoms with van der Waals surface area (Å²) in [5.74, 6) is 0.0434. The van der Waals surface area contributed by atoms with E-state index < -0.39 is 16.1 Å². The summed E-state index contributed by atoms with van der Waals surface area (Å²) in [6, 6.07) is 13.2. The third-order valence-corrected chi connectivity index (χ3v) is 6.46. The van der Waals surface area contributed by atoms with Gasteiger partial charge in [0.1, 0.15) is 5.75 Å². The molecule has 0 spiro atoms. The van der Waals surface area contributed by atoms with Crippen LogP contribution in [0.25, 0.3) is 0 Å². The molecule has 0 fully saturated rings. The zero-order chi connectivity index (χ0) is 22.3. The van der Waals surface area contributed by atoms with Crippen molar-refractivity contribution < 1.29 is 17.9 Å². The van der Waals surface area contributed by atoms with Gasteiger partial charge in [-0.05, 0) is 48.1 Å². The maximum absolute atomic E-state index is 12.9. The average Bonchev–Trinajstić information content (AvgIpc) is 2.65. The minimum atomic E-state index is -3.55. The smallest absolute Gasteiger partial charge is 0.263 e. The summed E-state index contributed by atoms with van der Waals surface area (Å²) in [7, 11) is -3.55. The Morgan fingerprint density at radius 1 is 1.17 bits per heavy atom. The Labute approximate surface area is 179 Å². The number of carbonyl (C=O) groups excluding carboxylic acids is 1. The number of sulfonamides is 1. The second kappa shape index (κ2) is 7.95. The lowest BCUT2D eigenvalue weighted by molar-refractivity contribution is -0.128. The molecule has 1 aliphatic rings. The van der Waals surface area contributed by atoms with Crippen LogP contribution < -0.4 is 14.4 Å². The molecule has 0 saturated carbocycles. The number of benzene rings is 2. The van der Waals surface area contributed by atoms with Crippen LogP contribution in [-0.4, -0.2) is 33.2 Å². The Bertz CT molecular complexity index is 1040. The molecule has 1 N–H and O–H groups in total. The van der Waals surface area contributed by atoms with Gasteiger partial charge in [-0.25, -0.2) is 8.42 Å². The van der Waals surface area contributed by atoms with Crippen molar-refractivity contribution in [1.29, 1.82) is 0 Å². The summed E-state index contributed by atoms with van der Waals surface area (Å²) >= 11 is 0. The fourth-order valence-electron chi connectivity index (χ4n) is 3.47. The molecule has 0 radical (unpaired) electrons. The fraction of sp³-hybridized carbons (Fsp3) is 0.435. The van der Waals surface area contributed by atoms with Gasteiger partial charge in [-0.15, -0.1) is 0 Å². The molecule has 0 aromatic heterocycles. The molecule has 162 valence electrons. The first-order chi connectivity index (χ1) is 13.9. The first-order valence-electron chi connectivity index (χ1n) is 10.0. The molecule has 6 nitrogen and oxygen atoms in total. The highest BCUT2D eigenvalue weighted by molar-refractivity contribution is 7.92. The monoisotopic (exact) mass is 430 g/mol. The summed E-state index contributed by atoms with van der Waals surface area (Å²) in [5.41, 5.74) is 3.63. The number of anilines is 1. The SMILES string of the molecule is Cc1ccc2c(c1)N(S(C)(=O)=O)C[C@H](C(=O)N[C@H](C)c1ccc(C(C)(C)C)cc1)O2. The van der Waals surface area contributed by atoms with Gasteiger partial charge in [0.15, 0.2) is 6.10 Å². The Balaban J connectivity index is 1.77. The molecule has 3 rings (SSSR count). The van der Waals surface area contributed by atoms with Crippen molar-refractivity contribution in [2.75, 3.05) is 17.1 Å². The van der Waals surface area contributed by atoms with E-state index in [2.05, 4.69) is 38.2 Å². The lowest BCUT2D eigenvalue weighted by Crippen LogP contribution is -2.50. The molecule has 0 unspecified atom stereocenters. The zero-order valence-corrected chi connectivity index (χ0v) is 19.2. The molecular weight excluding hydrogens is 400 g/mol. The van der Waals surface area contributed by atoms with E-state index in [9.17, 15) is 13.2 Å². The van der Waals surface area contributed by atoms with Crippen molar-refractivity contribution in [3.63, 3.8) is 0 Å². The van der Waals surface area contributed by atoms with E-state index in [-0.39, 0.29) is 23.9 Å². The molecule has 0 saturated heterocycles. The van der Waals surface area contributed by atoms with E-state index in [4.69, 9.17) is 4.74 Å². The third-order valence-electron chi connectivity index (χ3n) is 5.31. The molecule has 2 aromatic carbocycles. The molecule has 30 heavy (non-hydrogen) atoms. The van der Waals surface area contributed by atoms with Crippen molar-refractivity contribution in [3.8, 4) is 5.75 Å². The van der Waals surface area contributed by atoms with Crippen LogP contribution in [0.3, 0.4) is 0 Å². The van der Waals surface area contributed by atoms with Gasteiger partial charge in [-0.2, -0.15) is 0 Å². The second-order valence-corrected chi connectivity index (χ2v) is 10.9. The van der Waals surface area contributed by atoms with Gasteiger partial charge in [0.2, 0.25) is 10.0 Å². The number of hydrogen-bond acceptors (Lipinski definition) is 4. The third kappa shape index (κ3) is 4.78. The van der Waals surface area contributed by atoms with Crippen molar-refractivity contribution >= 4 is 21.6 Å². The van der Waals surface area contributed by atoms with Gasteiger partial charge < -0.3 is 10.1 Å². The lowest BCUT2D eigenvalue weighted by atomic mass is 9.86. The highest BCUT2D eigenvalue weighted by atomic mass is 32.2. The molecule has 1 amide bonds. The Morgan fingerprint density at radius 3 is 2.37 bits per heavy atom. The number of fused-ring (bicyclic) bond motifs is 1. The zero-order valence-electron chi connectivity index (χ0n) is 18.4. The summed E-state index contributed by atoms with van der Waals surface area (Å²) in [6.45, 7) is 10.2. The minimum Gasteiger partial charge on any atom is -0.476 e. The summed E-state index contributed by atoms with van der Waals surface area (Å²) in [6.07, 6.45) is 0.213. The van der Waals surface area contributed by atoms with E-state index in [1.54, 1.807) is 12.1 Å². The van der Waals surface area contributed by atoms with Crippen LogP contribution in [0.4, 0.5) is 5.69 Å². The van der Waals surface area contributed by atoms with E-state index in [1.807, 2.05) is 32.0 Å². The van der Waals surface area contributed by atoms with Crippen molar-refractivity contribution in [2.24, 2.45) is 0 Å². The van der Waals surface area contributed by atoms with Gasteiger partial charge in [0.25, 0.3) is 5.91 Å². The summed E-state index contributed by atoms with van der Waals surface area (Å²) < 4.78 is 31.7. The number of ether oxygens (including phenoxy) is 1. The van der Waals surface area contributed by atoms with Gasteiger partial charge in [0, 0.05) is 0 Å². The predicted octanol–water partition coefficient (Wildman–Crippen LogP) is 3.70. The predicted molar refractivity (Wildman–Crippen MR) is 119 cm³/mol. The van der Waals surface area contributed by atoms with Crippen LogP contribution in [-0.2, 0) is 20.2 Å². The average molecular weight is 431 g/mol.